The first-order chi connectivity index (χ1) is 17.4. The number of carbonyl (C=O) groups is 1. The van der Waals surface area contributed by atoms with Gasteiger partial charge < -0.3 is 5.32 Å². The van der Waals surface area contributed by atoms with E-state index in [1.54, 1.807) is 48.5 Å². The van der Waals surface area contributed by atoms with Gasteiger partial charge in [0.2, 0.25) is 0 Å². The highest BCUT2D eigenvalue weighted by molar-refractivity contribution is 6.42. The molecule has 5 rings (SSSR count). The molecule has 0 atom stereocenters. The van der Waals surface area contributed by atoms with Crippen molar-refractivity contribution in [3.05, 3.63) is 123 Å². The quantitative estimate of drug-likeness (QED) is 0.190. The number of anilines is 1. The Bertz CT molecular complexity index is 1620. The third-order valence-corrected chi connectivity index (χ3v) is 6.45. The summed E-state index contributed by atoms with van der Waals surface area (Å²) in [5.41, 5.74) is 4.95. The zero-order valence-corrected chi connectivity index (χ0v) is 20.1. The van der Waals surface area contributed by atoms with Crippen LogP contribution in [-0.4, -0.2) is 15.8 Å². The number of carbonyl (C=O) groups excluding carboxylic acids is 1. The maximum Gasteiger partial charge on any atom is 0.269 e. The van der Waals surface area contributed by atoms with Crippen molar-refractivity contribution in [1.29, 1.82) is 0 Å². The third-order valence-electron chi connectivity index (χ3n) is 5.71. The highest BCUT2D eigenvalue weighted by Crippen LogP contribution is 2.33. The summed E-state index contributed by atoms with van der Waals surface area (Å²) < 4.78 is 0. The van der Waals surface area contributed by atoms with Gasteiger partial charge in [-0.05, 0) is 65.7 Å². The van der Waals surface area contributed by atoms with E-state index < -0.39 is 4.92 Å². The number of nitro groups is 1. The summed E-state index contributed by atoms with van der Waals surface area (Å²) in [6.07, 6.45) is 0. The summed E-state index contributed by atoms with van der Waals surface area (Å²) in [6.45, 7) is 0. The Balaban J connectivity index is 1.59. The molecule has 4 aromatic carbocycles. The summed E-state index contributed by atoms with van der Waals surface area (Å²) in [6, 6.07) is 28.2. The van der Waals surface area contributed by atoms with Crippen molar-refractivity contribution in [2.75, 3.05) is 5.32 Å². The second-order valence-corrected chi connectivity index (χ2v) is 8.85. The lowest BCUT2D eigenvalue weighted by Crippen LogP contribution is -2.11. The fourth-order valence-electron chi connectivity index (χ4n) is 3.90. The van der Waals surface area contributed by atoms with Crippen LogP contribution >= 0.6 is 23.2 Å². The molecule has 0 bridgehead atoms. The fraction of sp³-hybridized carbons (Fsp3) is 0. The van der Waals surface area contributed by atoms with Gasteiger partial charge in [-0.1, -0.05) is 53.5 Å². The van der Waals surface area contributed by atoms with E-state index in [0.717, 1.165) is 22.1 Å². The van der Waals surface area contributed by atoms with Gasteiger partial charge in [0.15, 0.2) is 0 Å². The van der Waals surface area contributed by atoms with Crippen LogP contribution < -0.4 is 5.32 Å². The molecule has 0 aliphatic rings. The van der Waals surface area contributed by atoms with Crippen molar-refractivity contribution >= 4 is 51.4 Å². The molecule has 0 spiro atoms. The number of benzene rings is 4. The smallest absolute Gasteiger partial charge is 0.269 e. The number of nitrogens with zero attached hydrogens (tertiary/aromatic N) is 2. The summed E-state index contributed by atoms with van der Waals surface area (Å²) in [5, 5.41) is 15.4. The van der Waals surface area contributed by atoms with Gasteiger partial charge in [0.25, 0.3) is 11.6 Å². The van der Waals surface area contributed by atoms with Crippen molar-refractivity contribution < 1.29 is 9.72 Å². The standard InChI is InChI=1S/C28H17Cl2N3O3/c29-24-12-9-20(15-25(24)30)31-28(34)19-8-13-26-23(14-19)22(17-4-2-1-3-5-17)16-27(32-26)18-6-10-21(11-7-18)33(35)36/h1-16H,(H,31,34). The minimum atomic E-state index is -0.433. The molecule has 0 saturated heterocycles. The monoisotopic (exact) mass is 513 g/mol. The van der Waals surface area contributed by atoms with E-state index >= 15 is 0 Å². The molecule has 176 valence electrons. The van der Waals surface area contributed by atoms with E-state index in [9.17, 15) is 14.9 Å². The fourth-order valence-corrected chi connectivity index (χ4v) is 4.20. The predicted octanol–water partition coefficient (Wildman–Crippen LogP) is 8.04. The van der Waals surface area contributed by atoms with E-state index in [1.807, 2.05) is 36.4 Å². The van der Waals surface area contributed by atoms with Crippen LogP contribution in [0.4, 0.5) is 11.4 Å². The lowest BCUT2D eigenvalue weighted by atomic mass is 9.97. The number of halogens is 2. The Morgan fingerprint density at radius 1 is 0.806 bits per heavy atom. The van der Waals surface area contributed by atoms with Gasteiger partial charge in [-0.15, -0.1) is 0 Å². The van der Waals surface area contributed by atoms with E-state index in [1.165, 1.54) is 12.1 Å². The molecule has 1 aromatic heterocycles. The van der Waals surface area contributed by atoms with Gasteiger partial charge in [-0.25, -0.2) is 4.98 Å². The Morgan fingerprint density at radius 2 is 1.56 bits per heavy atom. The zero-order valence-electron chi connectivity index (χ0n) is 18.6. The number of rotatable bonds is 5. The Morgan fingerprint density at radius 3 is 2.25 bits per heavy atom. The summed E-state index contributed by atoms with van der Waals surface area (Å²) in [5.74, 6) is -0.297. The van der Waals surface area contributed by atoms with Gasteiger partial charge in [-0.3, -0.25) is 14.9 Å². The number of nitrogens with one attached hydrogen (secondary N) is 1. The highest BCUT2D eigenvalue weighted by atomic mass is 35.5. The number of fused-ring (bicyclic) bond motifs is 1. The molecule has 1 N–H and O–H groups in total. The average molecular weight is 514 g/mol. The summed E-state index contributed by atoms with van der Waals surface area (Å²) >= 11 is 12.0. The molecule has 8 heteroatoms. The molecule has 36 heavy (non-hydrogen) atoms. The van der Waals surface area contributed by atoms with Gasteiger partial charge in [-0.2, -0.15) is 0 Å². The van der Waals surface area contributed by atoms with Crippen molar-refractivity contribution in [3.63, 3.8) is 0 Å². The van der Waals surface area contributed by atoms with E-state index in [0.29, 0.717) is 32.5 Å². The summed E-state index contributed by atoms with van der Waals surface area (Å²) in [7, 11) is 0. The van der Waals surface area contributed by atoms with Gasteiger partial charge >= 0.3 is 0 Å². The number of pyridine rings is 1. The van der Waals surface area contributed by atoms with Gasteiger partial charge in [0.1, 0.15) is 0 Å². The van der Waals surface area contributed by atoms with Crippen molar-refractivity contribution in [2.45, 2.75) is 0 Å². The van der Waals surface area contributed by atoms with Crippen LogP contribution in [0.5, 0.6) is 0 Å². The Hall–Kier alpha value is -4.26. The molecular formula is C28H17Cl2N3O3. The minimum Gasteiger partial charge on any atom is -0.322 e. The lowest BCUT2D eigenvalue weighted by Gasteiger charge is -2.12. The first kappa shape index (κ1) is 23.5. The first-order valence-corrected chi connectivity index (χ1v) is 11.7. The Labute approximate surface area is 216 Å². The van der Waals surface area contributed by atoms with Crippen LogP contribution in [0, 0.1) is 10.1 Å². The van der Waals surface area contributed by atoms with Crippen LogP contribution in [0.3, 0.4) is 0 Å². The highest BCUT2D eigenvalue weighted by Gasteiger charge is 2.14. The van der Waals surface area contributed by atoms with E-state index in [2.05, 4.69) is 5.32 Å². The normalized spacial score (nSPS) is 10.8. The van der Waals surface area contributed by atoms with Gasteiger partial charge in [0, 0.05) is 34.3 Å². The summed E-state index contributed by atoms with van der Waals surface area (Å²) in [4.78, 5) is 28.4. The van der Waals surface area contributed by atoms with Crippen LogP contribution in [0.15, 0.2) is 97.1 Å². The predicted molar refractivity (Wildman–Crippen MR) is 144 cm³/mol. The van der Waals surface area contributed by atoms with Crippen molar-refractivity contribution in [1.82, 2.24) is 4.98 Å². The number of aromatic nitrogens is 1. The molecule has 0 aliphatic carbocycles. The second kappa shape index (κ2) is 9.77. The van der Waals surface area contributed by atoms with Crippen LogP contribution in [0.25, 0.3) is 33.3 Å². The lowest BCUT2D eigenvalue weighted by molar-refractivity contribution is -0.384. The number of hydrogen-bond acceptors (Lipinski definition) is 4. The van der Waals surface area contributed by atoms with Crippen molar-refractivity contribution in [2.24, 2.45) is 0 Å². The average Bonchev–Trinajstić information content (AvgIpc) is 2.90. The number of nitro benzene ring substituents is 1. The molecular weight excluding hydrogens is 497 g/mol. The number of hydrogen-bond donors (Lipinski definition) is 1. The second-order valence-electron chi connectivity index (χ2n) is 8.04. The molecule has 1 amide bonds. The molecule has 0 radical (unpaired) electrons. The zero-order chi connectivity index (χ0) is 25.2. The molecule has 0 fully saturated rings. The molecule has 0 saturated carbocycles. The van der Waals surface area contributed by atoms with E-state index in [4.69, 9.17) is 28.2 Å². The topological polar surface area (TPSA) is 85.1 Å². The molecule has 5 aromatic rings. The SMILES string of the molecule is O=C(Nc1ccc(Cl)c(Cl)c1)c1ccc2nc(-c3ccc([N+](=O)[O-])cc3)cc(-c3ccccc3)c2c1. The number of non-ortho nitro benzene ring substituents is 1. The minimum absolute atomic E-state index is 0.0143. The molecule has 1 heterocycles. The number of amides is 1. The Kier molecular flexibility index (Phi) is 6.38. The molecule has 6 nitrogen and oxygen atoms in total. The van der Waals surface area contributed by atoms with Crippen LogP contribution in [0.1, 0.15) is 10.4 Å². The van der Waals surface area contributed by atoms with E-state index in [-0.39, 0.29) is 11.6 Å². The largest absolute Gasteiger partial charge is 0.322 e. The first-order valence-electron chi connectivity index (χ1n) is 10.9. The maximum absolute atomic E-state index is 13.0. The van der Waals surface area contributed by atoms with Crippen LogP contribution in [-0.2, 0) is 0 Å². The van der Waals surface area contributed by atoms with Crippen molar-refractivity contribution in [3.8, 4) is 22.4 Å². The molecule has 0 unspecified atom stereocenters. The molecule has 0 aliphatic heterocycles. The van der Waals surface area contributed by atoms with Gasteiger partial charge in [0.05, 0.1) is 26.2 Å². The maximum atomic E-state index is 13.0. The third kappa shape index (κ3) is 4.77. The van der Waals surface area contributed by atoms with Crippen LogP contribution in [0.2, 0.25) is 10.0 Å².